The van der Waals surface area contributed by atoms with Crippen molar-refractivity contribution in [1.29, 1.82) is 0 Å². The first-order valence-corrected chi connectivity index (χ1v) is 9.32. The van der Waals surface area contributed by atoms with E-state index in [0.29, 0.717) is 23.4 Å². The molecule has 1 aromatic carbocycles. The number of hydrogen-bond acceptors (Lipinski definition) is 5. The first-order chi connectivity index (χ1) is 14.0. The number of fused-ring (bicyclic) bond motifs is 1. The van der Waals surface area contributed by atoms with Crippen LogP contribution in [0.5, 0.6) is 5.75 Å². The Morgan fingerprint density at radius 2 is 2.00 bits per heavy atom. The second-order valence-corrected chi connectivity index (χ2v) is 7.69. The molecule has 2 N–H and O–H groups in total. The summed E-state index contributed by atoms with van der Waals surface area (Å²) in [4.78, 5) is 23.8. The fourth-order valence-electron chi connectivity index (χ4n) is 3.04. The number of aromatic amines is 1. The van der Waals surface area contributed by atoms with Gasteiger partial charge in [0.05, 0.1) is 36.8 Å². The van der Waals surface area contributed by atoms with Gasteiger partial charge in [0.25, 0.3) is 5.56 Å². The van der Waals surface area contributed by atoms with Gasteiger partial charge < -0.3 is 14.8 Å². The van der Waals surface area contributed by atoms with Gasteiger partial charge in [-0.2, -0.15) is 0 Å². The summed E-state index contributed by atoms with van der Waals surface area (Å²) in [5, 5.41) is 9.88. The lowest BCUT2D eigenvalue weighted by Gasteiger charge is -2.21. The van der Waals surface area contributed by atoms with Gasteiger partial charge in [0.2, 0.25) is 0 Å². The molecule has 0 saturated heterocycles. The number of aliphatic hydroxyl groups excluding tert-OH is 1. The van der Waals surface area contributed by atoms with E-state index in [4.69, 9.17) is 4.74 Å². The van der Waals surface area contributed by atoms with Crippen LogP contribution in [0.2, 0.25) is 0 Å². The third-order valence-corrected chi connectivity index (χ3v) is 4.74. The van der Waals surface area contributed by atoms with Gasteiger partial charge in [-0.25, -0.2) is 4.98 Å². The van der Waals surface area contributed by atoms with Crippen LogP contribution >= 0.6 is 0 Å². The number of aliphatic hydroxyl groups is 1. The van der Waals surface area contributed by atoms with E-state index in [0.717, 1.165) is 16.8 Å². The third-order valence-electron chi connectivity index (χ3n) is 4.74. The Morgan fingerprint density at radius 3 is 2.69 bits per heavy atom. The Labute approximate surface area is 167 Å². The molecule has 0 fully saturated rings. The van der Waals surface area contributed by atoms with E-state index in [9.17, 15) is 9.90 Å². The second kappa shape index (κ2) is 7.52. The lowest BCUT2D eigenvalue weighted by atomic mass is 9.96. The first-order valence-electron chi connectivity index (χ1n) is 9.32. The molecule has 0 aliphatic carbocycles. The van der Waals surface area contributed by atoms with Gasteiger partial charge in [0, 0.05) is 23.4 Å². The number of aromatic nitrogens is 4. The Kier molecular flexibility index (Phi) is 4.90. The van der Waals surface area contributed by atoms with Gasteiger partial charge in [-0.15, -0.1) is 0 Å². The fraction of sp³-hybridized carbons (Fsp3) is 0.227. The molecule has 0 radical (unpaired) electrons. The molecule has 7 heteroatoms. The lowest BCUT2D eigenvalue weighted by Crippen LogP contribution is -2.25. The third kappa shape index (κ3) is 3.77. The SMILES string of the molecule is CC(C)(CO)COc1ccc(-c2cn(-c3cccnc3)c3nc[nH]c(=O)c23)cc1. The largest absolute Gasteiger partial charge is 0.493 e. The fourth-order valence-corrected chi connectivity index (χ4v) is 3.04. The van der Waals surface area contributed by atoms with E-state index in [1.54, 1.807) is 12.4 Å². The van der Waals surface area contributed by atoms with Crippen LogP contribution in [0.25, 0.3) is 27.8 Å². The van der Waals surface area contributed by atoms with E-state index < -0.39 is 0 Å². The average Bonchev–Trinajstić information content (AvgIpc) is 3.14. The summed E-state index contributed by atoms with van der Waals surface area (Å²) in [6.07, 6.45) is 6.73. The molecule has 0 saturated carbocycles. The van der Waals surface area contributed by atoms with E-state index in [2.05, 4.69) is 15.0 Å². The van der Waals surface area contributed by atoms with Crippen LogP contribution in [0.3, 0.4) is 0 Å². The predicted molar refractivity (Wildman–Crippen MR) is 111 cm³/mol. The highest BCUT2D eigenvalue weighted by Gasteiger charge is 2.18. The number of nitrogens with zero attached hydrogens (tertiary/aromatic N) is 3. The summed E-state index contributed by atoms with van der Waals surface area (Å²) in [5.41, 5.74) is 2.55. The summed E-state index contributed by atoms with van der Waals surface area (Å²) in [7, 11) is 0. The van der Waals surface area contributed by atoms with Gasteiger partial charge >= 0.3 is 0 Å². The van der Waals surface area contributed by atoms with E-state index in [-0.39, 0.29) is 17.6 Å². The predicted octanol–water partition coefficient (Wildman–Crippen LogP) is 3.17. The summed E-state index contributed by atoms with van der Waals surface area (Å²) >= 11 is 0. The van der Waals surface area contributed by atoms with Crippen molar-refractivity contribution in [1.82, 2.24) is 19.5 Å². The van der Waals surface area contributed by atoms with Crippen molar-refractivity contribution in [2.75, 3.05) is 13.2 Å². The highest BCUT2D eigenvalue weighted by atomic mass is 16.5. The molecule has 3 aromatic heterocycles. The second-order valence-electron chi connectivity index (χ2n) is 7.69. The quantitative estimate of drug-likeness (QED) is 0.527. The molecule has 0 amide bonds. The average molecular weight is 390 g/mol. The Morgan fingerprint density at radius 1 is 1.21 bits per heavy atom. The number of H-pyrrole nitrogens is 1. The van der Waals surface area contributed by atoms with Crippen LogP contribution < -0.4 is 10.3 Å². The van der Waals surface area contributed by atoms with Crippen LogP contribution in [-0.2, 0) is 0 Å². The van der Waals surface area contributed by atoms with Crippen molar-refractivity contribution in [3.8, 4) is 22.6 Å². The van der Waals surface area contributed by atoms with Gasteiger partial charge in [-0.05, 0) is 29.8 Å². The van der Waals surface area contributed by atoms with Crippen LogP contribution in [0.1, 0.15) is 13.8 Å². The first kappa shape index (κ1) is 18.9. The van der Waals surface area contributed by atoms with Crippen molar-refractivity contribution in [2.24, 2.45) is 5.41 Å². The normalized spacial score (nSPS) is 11.7. The Bertz CT molecular complexity index is 1180. The van der Waals surface area contributed by atoms with Crippen molar-refractivity contribution in [3.63, 3.8) is 0 Å². The molecule has 4 aromatic rings. The number of ether oxygens (including phenoxy) is 1. The molecule has 0 spiro atoms. The van der Waals surface area contributed by atoms with E-state index in [1.807, 2.05) is 61.0 Å². The van der Waals surface area contributed by atoms with Gasteiger partial charge in [0.15, 0.2) is 5.65 Å². The monoisotopic (exact) mass is 390 g/mol. The van der Waals surface area contributed by atoms with Gasteiger partial charge in [-0.3, -0.25) is 14.3 Å². The van der Waals surface area contributed by atoms with Crippen molar-refractivity contribution >= 4 is 11.0 Å². The maximum absolute atomic E-state index is 12.6. The number of hydrogen-bond donors (Lipinski definition) is 2. The molecule has 29 heavy (non-hydrogen) atoms. The molecule has 0 bridgehead atoms. The molecule has 3 heterocycles. The van der Waals surface area contributed by atoms with Gasteiger partial charge in [-0.1, -0.05) is 26.0 Å². The molecular formula is C22H22N4O3. The minimum Gasteiger partial charge on any atom is -0.493 e. The van der Waals surface area contributed by atoms with Crippen molar-refractivity contribution < 1.29 is 9.84 Å². The topological polar surface area (TPSA) is 93.0 Å². The Hall–Kier alpha value is -3.45. The van der Waals surface area contributed by atoms with Crippen LogP contribution in [0.4, 0.5) is 0 Å². The summed E-state index contributed by atoms with van der Waals surface area (Å²) in [5.74, 6) is 0.707. The number of rotatable bonds is 6. The standard InChI is InChI=1S/C22H22N4O3/c1-22(2,12-27)13-29-17-7-5-15(6-8-17)18-11-26(16-4-3-9-23-10-16)20-19(18)21(28)25-14-24-20/h3-11,14,27H,12-13H2,1-2H3,(H,24,25,28). The molecular weight excluding hydrogens is 368 g/mol. The summed E-state index contributed by atoms with van der Waals surface area (Å²) < 4.78 is 7.65. The smallest absolute Gasteiger partial charge is 0.260 e. The summed E-state index contributed by atoms with van der Waals surface area (Å²) in [6, 6.07) is 11.3. The maximum atomic E-state index is 12.6. The molecule has 0 atom stereocenters. The molecule has 0 aliphatic rings. The van der Waals surface area contributed by atoms with Gasteiger partial charge in [0.1, 0.15) is 5.75 Å². The number of pyridine rings is 1. The molecule has 0 aliphatic heterocycles. The zero-order valence-corrected chi connectivity index (χ0v) is 16.3. The number of benzene rings is 1. The zero-order chi connectivity index (χ0) is 20.4. The minimum absolute atomic E-state index is 0.0503. The molecule has 0 unspecified atom stereocenters. The number of nitrogens with one attached hydrogen (secondary N) is 1. The lowest BCUT2D eigenvalue weighted by molar-refractivity contribution is 0.0976. The maximum Gasteiger partial charge on any atom is 0.260 e. The molecule has 7 nitrogen and oxygen atoms in total. The Balaban J connectivity index is 1.74. The van der Waals surface area contributed by atoms with Crippen molar-refractivity contribution in [3.05, 3.63) is 71.7 Å². The van der Waals surface area contributed by atoms with E-state index in [1.165, 1.54) is 6.33 Å². The summed E-state index contributed by atoms with van der Waals surface area (Å²) in [6.45, 7) is 4.34. The molecule has 148 valence electrons. The van der Waals surface area contributed by atoms with Crippen LogP contribution in [-0.4, -0.2) is 37.8 Å². The zero-order valence-electron chi connectivity index (χ0n) is 16.3. The highest BCUT2D eigenvalue weighted by molar-refractivity contribution is 5.94. The van der Waals surface area contributed by atoms with Crippen LogP contribution in [0, 0.1) is 5.41 Å². The highest BCUT2D eigenvalue weighted by Crippen LogP contribution is 2.30. The van der Waals surface area contributed by atoms with Crippen LogP contribution in [0.15, 0.2) is 66.1 Å². The van der Waals surface area contributed by atoms with Crippen molar-refractivity contribution in [2.45, 2.75) is 13.8 Å². The molecule has 4 rings (SSSR count). The minimum atomic E-state index is -0.311. The van der Waals surface area contributed by atoms with E-state index >= 15 is 0 Å².